The summed E-state index contributed by atoms with van der Waals surface area (Å²) in [4.78, 5) is 9.49. The minimum absolute atomic E-state index is 0.977. The molecule has 0 unspecified atom stereocenters. The van der Waals surface area contributed by atoms with Crippen molar-refractivity contribution in [3.8, 4) is 0 Å². The molecule has 26 heavy (non-hydrogen) atoms. The maximum absolute atomic E-state index is 4.75. The van der Waals surface area contributed by atoms with E-state index < -0.39 is 0 Å². The average molecular weight is 362 g/mol. The van der Waals surface area contributed by atoms with E-state index in [0.29, 0.717) is 0 Å². The molecule has 0 amide bonds. The first kappa shape index (κ1) is 17.1. The summed E-state index contributed by atoms with van der Waals surface area (Å²) in [5.74, 6) is 2.29. The number of hydrogen-bond acceptors (Lipinski definition) is 3. The number of unbranched alkanes of at least 4 members (excludes halogenated alkanes) is 1. The van der Waals surface area contributed by atoms with E-state index in [-0.39, 0.29) is 0 Å². The van der Waals surface area contributed by atoms with Gasteiger partial charge in [0.25, 0.3) is 0 Å². The van der Waals surface area contributed by atoms with Gasteiger partial charge in [0, 0.05) is 18.4 Å². The maximum atomic E-state index is 4.75. The van der Waals surface area contributed by atoms with Crippen LogP contribution in [0, 0.1) is 0 Å². The van der Waals surface area contributed by atoms with Crippen molar-refractivity contribution in [3.05, 3.63) is 66.5 Å². The number of thioether (sulfide) groups is 1. The molecule has 0 atom stereocenters. The molecule has 0 saturated heterocycles. The van der Waals surface area contributed by atoms with Crippen LogP contribution in [0.15, 0.2) is 65.7 Å². The first-order valence-electron chi connectivity index (χ1n) is 9.28. The summed E-state index contributed by atoms with van der Waals surface area (Å²) in [5.41, 5.74) is 3.45. The Morgan fingerprint density at radius 2 is 1.65 bits per heavy atom. The highest BCUT2D eigenvalue weighted by Crippen LogP contribution is 2.22. The number of benzene rings is 2. The molecule has 0 bridgehead atoms. The summed E-state index contributed by atoms with van der Waals surface area (Å²) >= 11 is 1.85. The zero-order chi connectivity index (χ0) is 17.8. The zero-order valence-electron chi connectivity index (χ0n) is 15.1. The Morgan fingerprint density at radius 1 is 0.846 bits per heavy atom. The number of aryl methyl sites for hydroxylation is 2. The molecule has 0 fully saturated rings. The molecule has 0 aliphatic rings. The van der Waals surface area contributed by atoms with Gasteiger partial charge in [0.15, 0.2) is 0 Å². The number of pyridine rings is 1. The van der Waals surface area contributed by atoms with Crippen molar-refractivity contribution in [2.45, 2.75) is 37.8 Å². The second kappa shape index (κ2) is 7.92. The van der Waals surface area contributed by atoms with Crippen molar-refractivity contribution in [1.82, 2.24) is 14.5 Å². The fourth-order valence-electron chi connectivity index (χ4n) is 3.32. The van der Waals surface area contributed by atoms with Crippen molar-refractivity contribution in [2.24, 2.45) is 0 Å². The molecule has 4 rings (SSSR count). The van der Waals surface area contributed by atoms with Gasteiger partial charge in [-0.1, -0.05) is 43.3 Å². The van der Waals surface area contributed by atoms with Gasteiger partial charge in [-0.3, -0.25) is 0 Å². The predicted octanol–water partition coefficient (Wildman–Crippen LogP) is 5.72. The molecule has 2 aromatic carbocycles. The maximum Gasteiger partial charge on any atom is 0.109 e. The molecule has 2 heterocycles. The molecule has 0 spiro atoms. The van der Waals surface area contributed by atoms with Gasteiger partial charge >= 0.3 is 0 Å². The largest absolute Gasteiger partial charge is 0.328 e. The Morgan fingerprint density at radius 3 is 2.54 bits per heavy atom. The van der Waals surface area contributed by atoms with Crippen molar-refractivity contribution in [1.29, 1.82) is 0 Å². The van der Waals surface area contributed by atoms with E-state index in [4.69, 9.17) is 9.97 Å². The molecule has 0 aliphatic carbocycles. The zero-order valence-corrected chi connectivity index (χ0v) is 15.9. The van der Waals surface area contributed by atoms with Gasteiger partial charge in [-0.2, -0.15) is 0 Å². The Balaban J connectivity index is 1.34. The summed E-state index contributed by atoms with van der Waals surface area (Å²) in [7, 11) is 0. The van der Waals surface area contributed by atoms with Crippen LogP contribution in [-0.4, -0.2) is 20.3 Å². The highest BCUT2D eigenvalue weighted by Gasteiger charge is 2.08. The standard InChI is InChI=1S/C22H23N3S/c1-2-21-23-19-11-5-6-12-20(19)25(21)15-7-8-16-26-22-14-13-17-9-3-4-10-18(17)24-22/h3-6,9-14H,2,7-8,15-16H2,1H3. The van der Waals surface area contributed by atoms with E-state index in [1.54, 1.807) is 0 Å². The molecule has 0 N–H and O–H groups in total. The molecule has 0 aliphatic heterocycles. The van der Waals surface area contributed by atoms with Crippen LogP contribution in [0.4, 0.5) is 0 Å². The van der Waals surface area contributed by atoms with Gasteiger partial charge in [0.05, 0.1) is 21.6 Å². The summed E-state index contributed by atoms with van der Waals surface area (Å²) < 4.78 is 2.38. The van der Waals surface area contributed by atoms with Crippen molar-refractivity contribution in [2.75, 3.05) is 5.75 Å². The molecular formula is C22H23N3S. The summed E-state index contributed by atoms with van der Waals surface area (Å²) in [6.45, 7) is 3.22. The van der Waals surface area contributed by atoms with E-state index in [1.807, 2.05) is 17.8 Å². The Labute approximate surface area is 158 Å². The van der Waals surface area contributed by atoms with Crippen LogP contribution in [0.25, 0.3) is 21.9 Å². The van der Waals surface area contributed by atoms with Crippen molar-refractivity contribution in [3.63, 3.8) is 0 Å². The number of rotatable bonds is 7. The van der Waals surface area contributed by atoms with Crippen LogP contribution >= 0.6 is 11.8 Å². The topological polar surface area (TPSA) is 30.7 Å². The fraction of sp³-hybridized carbons (Fsp3) is 0.273. The lowest BCUT2D eigenvalue weighted by atomic mass is 10.2. The minimum atomic E-state index is 0.977. The number of imidazole rings is 1. The Bertz CT molecular complexity index is 1020. The molecule has 132 valence electrons. The average Bonchev–Trinajstić information content (AvgIpc) is 3.05. The lowest BCUT2D eigenvalue weighted by Gasteiger charge is -2.08. The molecule has 0 radical (unpaired) electrons. The minimum Gasteiger partial charge on any atom is -0.328 e. The Kier molecular flexibility index (Phi) is 5.21. The summed E-state index contributed by atoms with van der Waals surface area (Å²) in [6, 6.07) is 21.0. The van der Waals surface area contributed by atoms with E-state index in [2.05, 4.69) is 66.1 Å². The predicted molar refractivity (Wildman–Crippen MR) is 111 cm³/mol. The van der Waals surface area contributed by atoms with Gasteiger partial charge in [-0.25, -0.2) is 9.97 Å². The number of nitrogens with zero attached hydrogens (tertiary/aromatic N) is 3. The lowest BCUT2D eigenvalue weighted by molar-refractivity contribution is 0.622. The van der Waals surface area contributed by atoms with Crippen LogP contribution in [0.2, 0.25) is 0 Å². The Hall–Kier alpha value is -2.33. The fourth-order valence-corrected chi connectivity index (χ4v) is 4.21. The molecule has 4 aromatic rings. The van der Waals surface area contributed by atoms with Crippen LogP contribution < -0.4 is 0 Å². The quantitative estimate of drug-likeness (QED) is 0.311. The third-order valence-corrected chi connectivity index (χ3v) is 5.66. The molecular weight excluding hydrogens is 338 g/mol. The van der Waals surface area contributed by atoms with E-state index >= 15 is 0 Å². The lowest BCUT2D eigenvalue weighted by Crippen LogP contribution is -2.03. The normalized spacial score (nSPS) is 11.4. The summed E-state index contributed by atoms with van der Waals surface area (Å²) in [6.07, 6.45) is 3.31. The van der Waals surface area contributed by atoms with Crippen LogP contribution in [0.3, 0.4) is 0 Å². The van der Waals surface area contributed by atoms with E-state index in [9.17, 15) is 0 Å². The molecule has 2 aromatic heterocycles. The summed E-state index contributed by atoms with van der Waals surface area (Å²) in [5, 5.41) is 2.32. The molecule has 3 nitrogen and oxygen atoms in total. The number of hydrogen-bond donors (Lipinski definition) is 0. The second-order valence-corrected chi connectivity index (χ2v) is 7.53. The third kappa shape index (κ3) is 3.61. The first-order valence-corrected chi connectivity index (χ1v) is 10.3. The van der Waals surface area contributed by atoms with E-state index in [1.165, 1.54) is 23.1 Å². The van der Waals surface area contributed by atoms with Crippen molar-refractivity contribution < 1.29 is 0 Å². The number of para-hydroxylation sites is 3. The van der Waals surface area contributed by atoms with E-state index in [0.717, 1.165) is 41.2 Å². The van der Waals surface area contributed by atoms with Gasteiger partial charge in [-0.15, -0.1) is 11.8 Å². The van der Waals surface area contributed by atoms with Crippen LogP contribution in [0.1, 0.15) is 25.6 Å². The van der Waals surface area contributed by atoms with Gasteiger partial charge in [0.2, 0.25) is 0 Å². The van der Waals surface area contributed by atoms with Crippen LogP contribution in [0.5, 0.6) is 0 Å². The monoisotopic (exact) mass is 361 g/mol. The van der Waals surface area contributed by atoms with Crippen molar-refractivity contribution >= 4 is 33.7 Å². The number of aromatic nitrogens is 3. The highest BCUT2D eigenvalue weighted by molar-refractivity contribution is 7.99. The molecule has 0 saturated carbocycles. The van der Waals surface area contributed by atoms with Crippen LogP contribution in [-0.2, 0) is 13.0 Å². The first-order chi connectivity index (χ1) is 12.8. The highest BCUT2D eigenvalue weighted by atomic mass is 32.2. The van der Waals surface area contributed by atoms with Gasteiger partial charge < -0.3 is 4.57 Å². The third-order valence-electron chi connectivity index (χ3n) is 4.65. The SMILES string of the molecule is CCc1nc2ccccc2n1CCCCSc1ccc2ccccc2n1. The second-order valence-electron chi connectivity index (χ2n) is 6.42. The smallest absolute Gasteiger partial charge is 0.109 e. The van der Waals surface area contributed by atoms with Gasteiger partial charge in [-0.05, 0) is 42.9 Å². The van der Waals surface area contributed by atoms with Gasteiger partial charge in [0.1, 0.15) is 5.82 Å². The number of fused-ring (bicyclic) bond motifs is 2. The molecule has 4 heteroatoms.